The Kier molecular flexibility index (Phi) is 6.06. The predicted molar refractivity (Wildman–Crippen MR) is 102 cm³/mol. The Morgan fingerprint density at radius 1 is 1.07 bits per heavy atom. The Balaban J connectivity index is 1.75. The number of carbonyl (C=O) groups is 1. The Hall–Kier alpha value is -2.89. The lowest BCUT2D eigenvalue weighted by Crippen LogP contribution is -2.21. The third-order valence-electron chi connectivity index (χ3n) is 3.89. The van der Waals surface area contributed by atoms with Gasteiger partial charge >= 0.3 is 0 Å². The maximum absolute atomic E-state index is 13.6. The molecule has 0 aliphatic carbocycles. The highest BCUT2D eigenvalue weighted by Gasteiger charge is 2.17. The summed E-state index contributed by atoms with van der Waals surface area (Å²) in [5.41, 5.74) is 1.52. The van der Waals surface area contributed by atoms with Gasteiger partial charge in [-0.2, -0.15) is 0 Å². The molecule has 3 aromatic carbocycles. The van der Waals surface area contributed by atoms with E-state index in [0.717, 1.165) is 0 Å². The maximum atomic E-state index is 13.6. The number of ether oxygens (including phenoxy) is 1. The molecule has 3 aromatic rings. The number of hydrogen-bond donors (Lipinski definition) is 2. The molecule has 0 unspecified atom stereocenters. The van der Waals surface area contributed by atoms with E-state index < -0.39 is 17.8 Å². The number of rotatable bonds is 6. The Labute approximate surface area is 161 Å². The number of halogens is 2. The molecule has 0 saturated carbocycles. The van der Waals surface area contributed by atoms with E-state index in [2.05, 4.69) is 5.32 Å². The highest BCUT2D eigenvalue weighted by Crippen LogP contribution is 2.31. The second kappa shape index (κ2) is 8.66. The summed E-state index contributed by atoms with van der Waals surface area (Å²) in [6.45, 7) is -0.371. The average molecular weight is 386 g/mol. The molecule has 3 rings (SSSR count). The van der Waals surface area contributed by atoms with E-state index in [4.69, 9.17) is 16.3 Å². The molecule has 4 nitrogen and oxygen atoms in total. The third kappa shape index (κ3) is 4.84. The standard InChI is InChI=1S/C21H17ClFNO3/c22-15-10-11-18(16(12-15)21(26)14-6-2-1-3-7-14)24-20(25)13-27-19-9-5-4-8-17(19)23/h1-12,21,26H,13H2,(H,24,25)/t21-/m1/s1. The first-order valence-electron chi connectivity index (χ1n) is 8.24. The molecule has 1 atom stereocenters. The van der Waals surface area contributed by atoms with Crippen molar-refractivity contribution in [2.24, 2.45) is 0 Å². The fraction of sp³-hybridized carbons (Fsp3) is 0.0952. The van der Waals surface area contributed by atoms with Crippen molar-refractivity contribution in [1.82, 2.24) is 0 Å². The molecule has 0 heterocycles. The molecular weight excluding hydrogens is 369 g/mol. The summed E-state index contributed by atoms with van der Waals surface area (Å²) in [6, 6.07) is 19.7. The van der Waals surface area contributed by atoms with Crippen molar-refractivity contribution in [3.05, 3.63) is 94.8 Å². The molecule has 0 saturated heterocycles. The van der Waals surface area contributed by atoms with Gasteiger partial charge in [0.05, 0.1) is 0 Å². The van der Waals surface area contributed by atoms with E-state index in [-0.39, 0.29) is 12.4 Å². The molecule has 2 N–H and O–H groups in total. The van der Waals surface area contributed by atoms with Crippen molar-refractivity contribution in [2.45, 2.75) is 6.10 Å². The molecule has 138 valence electrons. The number of benzene rings is 3. The van der Waals surface area contributed by atoms with Gasteiger partial charge < -0.3 is 15.2 Å². The number of nitrogens with one attached hydrogen (secondary N) is 1. The molecule has 0 spiro atoms. The van der Waals surface area contributed by atoms with Gasteiger partial charge in [-0.3, -0.25) is 4.79 Å². The third-order valence-corrected chi connectivity index (χ3v) is 4.13. The molecule has 27 heavy (non-hydrogen) atoms. The van der Waals surface area contributed by atoms with Crippen LogP contribution in [0.15, 0.2) is 72.8 Å². The number of amides is 1. The van der Waals surface area contributed by atoms with Crippen LogP contribution in [-0.2, 0) is 4.79 Å². The summed E-state index contributed by atoms with van der Waals surface area (Å²) in [5, 5.41) is 13.8. The van der Waals surface area contributed by atoms with Gasteiger partial charge in [0, 0.05) is 16.3 Å². The molecule has 0 aliphatic rings. The Morgan fingerprint density at radius 3 is 2.52 bits per heavy atom. The molecule has 0 aliphatic heterocycles. The van der Waals surface area contributed by atoms with Crippen molar-refractivity contribution in [3.63, 3.8) is 0 Å². The van der Waals surface area contributed by atoms with Crippen LogP contribution in [0.4, 0.5) is 10.1 Å². The van der Waals surface area contributed by atoms with Crippen LogP contribution in [0, 0.1) is 5.82 Å². The number of anilines is 1. The maximum Gasteiger partial charge on any atom is 0.262 e. The smallest absolute Gasteiger partial charge is 0.262 e. The largest absolute Gasteiger partial charge is 0.481 e. The molecule has 0 aromatic heterocycles. The van der Waals surface area contributed by atoms with E-state index in [0.29, 0.717) is 21.8 Å². The minimum atomic E-state index is -0.965. The lowest BCUT2D eigenvalue weighted by atomic mass is 10.00. The van der Waals surface area contributed by atoms with Crippen molar-refractivity contribution in [1.29, 1.82) is 0 Å². The number of aliphatic hydroxyl groups is 1. The van der Waals surface area contributed by atoms with Crippen LogP contribution in [0.2, 0.25) is 5.02 Å². The van der Waals surface area contributed by atoms with E-state index in [9.17, 15) is 14.3 Å². The fourth-order valence-corrected chi connectivity index (χ4v) is 2.76. The van der Waals surface area contributed by atoms with E-state index in [1.54, 1.807) is 36.4 Å². The van der Waals surface area contributed by atoms with Gasteiger partial charge in [-0.15, -0.1) is 0 Å². The van der Waals surface area contributed by atoms with Gasteiger partial charge in [0.15, 0.2) is 18.2 Å². The van der Waals surface area contributed by atoms with Gasteiger partial charge in [0.2, 0.25) is 0 Å². The lowest BCUT2D eigenvalue weighted by Gasteiger charge is -2.17. The summed E-state index contributed by atoms with van der Waals surface area (Å²) < 4.78 is 18.8. The first-order chi connectivity index (χ1) is 13.0. The Morgan fingerprint density at radius 2 is 1.78 bits per heavy atom. The van der Waals surface area contributed by atoms with Crippen LogP contribution in [0.25, 0.3) is 0 Å². The van der Waals surface area contributed by atoms with E-state index >= 15 is 0 Å². The molecule has 6 heteroatoms. The van der Waals surface area contributed by atoms with Crippen LogP contribution < -0.4 is 10.1 Å². The second-order valence-electron chi connectivity index (χ2n) is 5.81. The first-order valence-corrected chi connectivity index (χ1v) is 8.62. The molecular formula is C21H17ClFNO3. The van der Waals surface area contributed by atoms with Gasteiger partial charge in [0.1, 0.15) is 6.10 Å². The predicted octanol–water partition coefficient (Wildman–Crippen LogP) is 4.58. The average Bonchev–Trinajstić information content (AvgIpc) is 2.69. The van der Waals surface area contributed by atoms with Gasteiger partial charge in [-0.1, -0.05) is 54.1 Å². The second-order valence-corrected chi connectivity index (χ2v) is 6.25. The van der Waals surface area contributed by atoms with Crippen molar-refractivity contribution >= 4 is 23.2 Å². The van der Waals surface area contributed by atoms with Crippen LogP contribution in [0.3, 0.4) is 0 Å². The summed E-state index contributed by atoms with van der Waals surface area (Å²) in [7, 11) is 0. The molecule has 0 radical (unpaired) electrons. The van der Waals surface area contributed by atoms with Crippen LogP contribution >= 0.6 is 11.6 Å². The van der Waals surface area contributed by atoms with Gasteiger partial charge in [-0.25, -0.2) is 4.39 Å². The minimum absolute atomic E-state index is 0.00620. The number of carbonyl (C=O) groups excluding carboxylic acids is 1. The monoisotopic (exact) mass is 385 g/mol. The van der Waals surface area contributed by atoms with Crippen molar-refractivity contribution in [3.8, 4) is 5.75 Å². The molecule has 1 amide bonds. The Bertz CT molecular complexity index is 934. The van der Waals surface area contributed by atoms with Crippen LogP contribution in [0.1, 0.15) is 17.2 Å². The zero-order chi connectivity index (χ0) is 19.2. The minimum Gasteiger partial charge on any atom is -0.481 e. The molecule has 0 fully saturated rings. The summed E-state index contributed by atoms with van der Waals surface area (Å²) in [4.78, 5) is 12.2. The molecule has 0 bridgehead atoms. The fourth-order valence-electron chi connectivity index (χ4n) is 2.58. The van der Waals surface area contributed by atoms with Crippen molar-refractivity contribution < 1.29 is 19.0 Å². The van der Waals surface area contributed by atoms with E-state index in [1.165, 1.54) is 18.2 Å². The van der Waals surface area contributed by atoms with Gasteiger partial charge in [0.25, 0.3) is 5.91 Å². The quantitative estimate of drug-likeness (QED) is 0.653. The topological polar surface area (TPSA) is 58.6 Å². The van der Waals surface area contributed by atoms with Crippen molar-refractivity contribution in [2.75, 3.05) is 11.9 Å². The highest BCUT2D eigenvalue weighted by atomic mass is 35.5. The van der Waals surface area contributed by atoms with E-state index in [1.807, 2.05) is 18.2 Å². The highest BCUT2D eigenvalue weighted by molar-refractivity contribution is 6.30. The zero-order valence-corrected chi connectivity index (χ0v) is 15.0. The van der Waals surface area contributed by atoms with Gasteiger partial charge in [-0.05, 0) is 35.9 Å². The first kappa shape index (κ1) is 18.9. The summed E-state index contributed by atoms with van der Waals surface area (Å²) in [5.74, 6) is -1.03. The normalized spacial score (nSPS) is 11.7. The number of aliphatic hydroxyl groups excluding tert-OH is 1. The van der Waals surface area contributed by atoms with Crippen LogP contribution in [-0.4, -0.2) is 17.6 Å². The number of hydrogen-bond acceptors (Lipinski definition) is 3. The summed E-state index contributed by atoms with van der Waals surface area (Å²) >= 11 is 6.05. The lowest BCUT2D eigenvalue weighted by molar-refractivity contribution is -0.118. The SMILES string of the molecule is O=C(COc1ccccc1F)Nc1ccc(Cl)cc1[C@H](O)c1ccccc1. The summed E-state index contributed by atoms with van der Waals surface area (Å²) in [6.07, 6.45) is -0.965. The zero-order valence-electron chi connectivity index (χ0n) is 14.2. The number of para-hydroxylation sites is 1. The van der Waals surface area contributed by atoms with Crippen LogP contribution in [0.5, 0.6) is 5.75 Å².